The van der Waals surface area contributed by atoms with E-state index >= 15 is 0 Å². The van der Waals surface area contributed by atoms with Gasteiger partial charge in [-0.1, -0.05) is 13.0 Å². The second-order valence-corrected chi connectivity index (χ2v) is 5.88. The standard InChI is InChI=1S/C17H23F2N5/c1-12(14-5-6-15(18)16(19)7-14)8-21-17(20-2)23(3)10-13-9-22-24(4)11-13/h5-7,9,11-12H,8,10H2,1-4H3,(H,20,21). The van der Waals surface area contributed by atoms with Crippen LogP contribution in [0.1, 0.15) is 24.0 Å². The lowest BCUT2D eigenvalue weighted by Gasteiger charge is -2.23. The fourth-order valence-electron chi connectivity index (χ4n) is 2.47. The number of rotatable bonds is 5. The molecule has 1 N–H and O–H groups in total. The van der Waals surface area contributed by atoms with Crippen molar-refractivity contribution in [2.24, 2.45) is 12.0 Å². The van der Waals surface area contributed by atoms with Crippen molar-refractivity contribution in [1.29, 1.82) is 0 Å². The summed E-state index contributed by atoms with van der Waals surface area (Å²) in [4.78, 5) is 6.24. The van der Waals surface area contributed by atoms with Crippen LogP contribution in [0, 0.1) is 11.6 Å². The topological polar surface area (TPSA) is 45.5 Å². The van der Waals surface area contributed by atoms with Gasteiger partial charge in [-0.2, -0.15) is 5.10 Å². The number of aryl methyl sites for hydroxylation is 1. The molecule has 130 valence electrons. The molecule has 1 atom stereocenters. The van der Waals surface area contributed by atoms with Crippen LogP contribution in [0.2, 0.25) is 0 Å². The normalized spacial score (nSPS) is 13.0. The summed E-state index contributed by atoms with van der Waals surface area (Å²) >= 11 is 0. The Morgan fingerprint density at radius 2 is 2.12 bits per heavy atom. The smallest absolute Gasteiger partial charge is 0.193 e. The van der Waals surface area contributed by atoms with Crippen LogP contribution >= 0.6 is 0 Å². The number of guanidine groups is 1. The van der Waals surface area contributed by atoms with E-state index in [9.17, 15) is 8.78 Å². The van der Waals surface area contributed by atoms with Crippen molar-refractivity contribution >= 4 is 5.96 Å². The van der Waals surface area contributed by atoms with Gasteiger partial charge in [0, 0.05) is 46.0 Å². The van der Waals surface area contributed by atoms with Crippen LogP contribution in [0.15, 0.2) is 35.6 Å². The molecule has 0 fully saturated rings. The van der Waals surface area contributed by atoms with Gasteiger partial charge in [0.25, 0.3) is 0 Å². The number of benzene rings is 1. The molecular formula is C17H23F2N5. The van der Waals surface area contributed by atoms with E-state index < -0.39 is 11.6 Å². The van der Waals surface area contributed by atoms with Gasteiger partial charge in [0.15, 0.2) is 17.6 Å². The fraction of sp³-hybridized carbons (Fsp3) is 0.412. The van der Waals surface area contributed by atoms with E-state index in [1.54, 1.807) is 17.8 Å². The summed E-state index contributed by atoms with van der Waals surface area (Å²) in [7, 11) is 5.52. The molecule has 2 rings (SSSR count). The van der Waals surface area contributed by atoms with Gasteiger partial charge < -0.3 is 10.2 Å². The number of aromatic nitrogens is 2. The Hall–Kier alpha value is -2.44. The Morgan fingerprint density at radius 1 is 1.38 bits per heavy atom. The summed E-state index contributed by atoms with van der Waals surface area (Å²) in [5.41, 5.74) is 1.82. The summed E-state index contributed by atoms with van der Waals surface area (Å²) in [5.74, 6) is -0.903. The minimum absolute atomic E-state index is 0.0173. The quantitative estimate of drug-likeness (QED) is 0.675. The first-order valence-corrected chi connectivity index (χ1v) is 7.75. The summed E-state index contributed by atoms with van der Waals surface area (Å²) in [6.07, 6.45) is 3.77. The molecular weight excluding hydrogens is 312 g/mol. The van der Waals surface area contributed by atoms with E-state index in [0.717, 1.165) is 23.2 Å². The third-order valence-electron chi connectivity index (χ3n) is 3.83. The van der Waals surface area contributed by atoms with E-state index in [2.05, 4.69) is 15.4 Å². The molecule has 0 aliphatic heterocycles. The van der Waals surface area contributed by atoms with Crippen LogP contribution in [0.4, 0.5) is 8.78 Å². The van der Waals surface area contributed by atoms with Crippen molar-refractivity contribution in [2.45, 2.75) is 19.4 Å². The van der Waals surface area contributed by atoms with Crippen molar-refractivity contribution in [3.63, 3.8) is 0 Å². The van der Waals surface area contributed by atoms with Gasteiger partial charge >= 0.3 is 0 Å². The molecule has 0 bridgehead atoms. The Bertz CT molecular complexity index is 711. The SMILES string of the molecule is CN=C(NCC(C)c1ccc(F)c(F)c1)N(C)Cc1cnn(C)c1. The Kier molecular flexibility index (Phi) is 5.89. The summed E-state index contributed by atoms with van der Waals surface area (Å²) in [6.45, 7) is 3.19. The summed E-state index contributed by atoms with van der Waals surface area (Å²) in [6, 6.07) is 4.00. The predicted octanol–water partition coefficient (Wildman–Crippen LogP) is 2.51. The summed E-state index contributed by atoms with van der Waals surface area (Å²) < 4.78 is 28.1. The first kappa shape index (κ1) is 17.9. The highest BCUT2D eigenvalue weighted by Crippen LogP contribution is 2.17. The van der Waals surface area contributed by atoms with E-state index in [1.807, 2.05) is 38.3 Å². The van der Waals surface area contributed by atoms with Gasteiger partial charge in [0.2, 0.25) is 0 Å². The number of hydrogen-bond donors (Lipinski definition) is 1. The molecule has 0 saturated carbocycles. The Balaban J connectivity index is 1.93. The van der Waals surface area contributed by atoms with E-state index in [1.165, 1.54) is 6.07 Å². The molecule has 1 unspecified atom stereocenters. The number of hydrogen-bond acceptors (Lipinski definition) is 2. The zero-order chi connectivity index (χ0) is 17.7. The van der Waals surface area contributed by atoms with Crippen molar-refractivity contribution in [3.8, 4) is 0 Å². The number of nitrogens with one attached hydrogen (secondary N) is 1. The van der Waals surface area contributed by atoms with Crippen LogP contribution in [0.3, 0.4) is 0 Å². The highest BCUT2D eigenvalue weighted by molar-refractivity contribution is 5.79. The van der Waals surface area contributed by atoms with Gasteiger partial charge in [-0.3, -0.25) is 9.67 Å². The summed E-state index contributed by atoms with van der Waals surface area (Å²) in [5, 5.41) is 7.41. The van der Waals surface area contributed by atoms with Crippen LogP contribution in [-0.4, -0.2) is 41.3 Å². The maximum absolute atomic E-state index is 13.3. The van der Waals surface area contributed by atoms with Gasteiger partial charge in [-0.15, -0.1) is 0 Å². The molecule has 2 aromatic rings. The van der Waals surface area contributed by atoms with Crippen LogP contribution in [-0.2, 0) is 13.6 Å². The molecule has 24 heavy (non-hydrogen) atoms. The molecule has 0 spiro atoms. The number of aliphatic imine (C=N–C) groups is 1. The van der Waals surface area contributed by atoms with Crippen molar-refractivity contribution in [3.05, 3.63) is 53.4 Å². The second kappa shape index (κ2) is 7.90. The fourth-order valence-corrected chi connectivity index (χ4v) is 2.47. The largest absolute Gasteiger partial charge is 0.356 e. The first-order chi connectivity index (χ1) is 11.4. The predicted molar refractivity (Wildman–Crippen MR) is 90.8 cm³/mol. The minimum Gasteiger partial charge on any atom is -0.356 e. The number of nitrogens with zero attached hydrogens (tertiary/aromatic N) is 4. The van der Waals surface area contributed by atoms with E-state index in [-0.39, 0.29) is 5.92 Å². The van der Waals surface area contributed by atoms with Crippen LogP contribution < -0.4 is 5.32 Å². The molecule has 7 heteroatoms. The lowest BCUT2D eigenvalue weighted by Crippen LogP contribution is -2.40. The average molecular weight is 335 g/mol. The minimum atomic E-state index is -0.828. The molecule has 0 saturated heterocycles. The van der Waals surface area contributed by atoms with Gasteiger partial charge in [-0.25, -0.2) is 8.78 Å². The molecule has 0 aliphatic carbocycles. The average Bonchev–Trinajstić information content (AvgIpc) is 2.95. The molecule has 0 amide bonds. The zero-order valence-corrected chi connectivity index (χ0v) is 14.4. The van der Waals surface area contributed by atoms with E-state index in [0.29, 0.717) is 13.1 Å². The molecule has 1 aromatic carbocycles. The van der Waals surface area contributed by atoms with Crippen molar-refractivity contribution in [1.82, 2.24) is 20.0 Å². The Morgan fingerprint density at radius 3 is 2.71 bits per heavy atom. The van der Waals surface area contributed by atoms with Gasteiger partial charge in [-0.05, 0) is 23.6 Å². The highest BCUT2D eigenvalue weighted by Gasteiger charge is 2.12. The molecule has 1 aromatic heterocycles. The molecule has 0 radical (unpaired) electrons. The molecule has 5 nitrogen and oxygen atoms in total. The van der Waals surface area contributed by atoms with Crippen molar-refractivity contribution in [2.75, 3.05) is 20.6 Å². The monoisotopic (exact) mass is 335 g/mol. The lowest BCUT2D eigenvalue weighted by atomic mass is 10.0. The van der Waals surface area contributed by atoms with Gasteiger partial charge in [0.1, 0.15) is 0 Å². The maximum Gasteiger partial charge on any atom is 0.193 e. The zero-order valence-electron chi connectivity index (χ0n) is 14.4. The lowest BCUT2D eigenvalue weighted by molar-refractivity contribution is 0.472. The van der Waals surface area contributed by atoms with Gasteiger partial charge in [0.05, 0.1) is 6.20 Å². The molecule has 1 heterocycles. The number of halogens is 2. The molecule has 0 aliphatic rings. The Labute approximate surface area is 141 Å². The first-order valence-electron chi connectivity index (χ1n) is 7.75. The van der Waals surface area contributed by atoms with E-state index in [4.69, 9.17) is 0 Å². The second-order valence-electron chi connectivity index (χ2n) is 5.88. The third-order valence-corrected chi connectivity index (χ3v) is 3.83. The van der Waals surface area contributed by atoms with Crippen LogP contribution in [0.25, 0.3) is 0 Å². The third kappa shape index (κ3) is 4.53. The highest BCUT2D eigenvalue weighted by atomic mass is 19.2. The van der Waals surface area contributed by atoms with Crippen LogP contribution in [0.5, 0.6) is 0 Å². The maximum atomic E-state index is 13.3. The van der Waals surface area contributed by atoms with Crippen molar-refractivity contribution < 1.29 is 8.78 Å².